The van der Waals surface area contributed by atoms with Gasteiger partial charge in [0.05, 0.1) is 17.6 Å². The molecule has 0 saturated carbocycles. The lowest BCUT2D eigenvalue weighted by molar-refractivity contribution is 0.0960. The number of amides is 1. The predicted molar refractivity (Wildman–Crippen MR) is 88.6 cm³/mol. The van der Waals surface area contributed by atoms with Crippen molar-refractivity contribution in [3.05, 3.63) is 53.1 Å². The molecule has 122 valence electrons. The van der Waals surface area contributed by atoms with Crippen molar-refractivity contribution in [2.75, 3.05) is 18.9 Å². The number of nitrogens with one attached hydrogen (secondary N) is 2. The van der Waals surface area contributed by atoms with Crippen molar-refractivity contribution < 1.29 is 17.9 Å². The number of benzene rings is 2. The van der Waals surface area contributed by atoms with Crippen LogP contribution in [0.3, 0.4) is 0 Å². The van der Waals surface area contributed by atoms with Crippen LogP contribution in [0.15, 0.2) is 47.4 Å². The molecule has 0 fully saturated rings. The highest BCUT2D eigenvalue weighted by Crippen LogP contribution is 2.24. The number of carbonyl (C=O) groups is 1. The second-order valence-corrected chi connectivity index (χ2v) is 6.67. The maximum absolute atomic E-state index is 12.4. The zero-order chi connectivity index (χ0) is 17.0. The van der Waals surface area contributed by atoms with E-state index in [1.165, 1.54) is 32.4 Å². The Morgan fingerprint density at radius 2 is 1.78 bits per heavy atom. The molecule has 0 aromatic heterocycles. The van der Waals surface area contributed by atoms with Crippen LogP contribution in [0, 0.1) is 0 Å². The molecule has 6 nitrogen and oxygen atoms in total. The Bertz CT molecular complexity index is 820. The number of carbonyl (C=O) groups excluding carboxylic acids is 1. The Labute approximate surface area is 139 Å². The molecule has 0 spiro atoms. The summed E-state index contributed by atoms with van der Waals surface area (Å²) < 4.78 is 32.4. The van der Waals surface area contributed by atoms with Crippen LogP contribution < -0.4 is 14.8 Å². The van der Waals surface area contributed by atoms with E-state index in [9.17, 15) is 13.2 Å². The summed E-state index contributed by atoms with van der Waals surface area (Å²) in [6, 6.07) is 10.3. The van der Waals surface area contributed by atoms with E-state index in [4.69, 9.17) is 16.3 Å². The van der Waals surface area contributed by atoms with Gasteiger partial charge in [-0.1, -0.05) is 11.6 Å². The zero-order valence-electron chi connectivity index (χ0n) is 12.5. The monoisotopic (exact) mass is 354 g/mol. The van der Waals surface area contributed by atoms with Gasteiger partial charge >= 0.3 is 0 Å². The van der Waals surface area contributed by atoms with Gasteiger partial charge in [0.2, 0.25) is 0 Å². The van der Waals surface area contributed by atoms with E-state index >= 15 is 0 Å². The third-order valence-electron chi connectivity index (χ3n) is 3.05. The summed E-state index contributed by atoms with van der Waals surface area (Å²) >= 11 is 5.77. The molecule has 0 aliphatic heterocycles. The van der Waals surface area contributed by atoms with Crippen molar-refractivity contribution in [2.45, 2.75) is 4.90 Å². The number of halogens is 1. The quantitative estimate of drug-likeness (QED) is 0.864. The molecule has 0 radical (unpaired) electrons. The molecular weight excluding hydrogens is 340 g/mol. The van der Waals surface area contributed by atoms with Crippen LogP contribution >= 0.6 is 11.6 Å². The Kier molecular flexibility index (Phi) is 5.12. The van der Waals surface area contributed by atoms with Crippen LogP contribution in [0.5, 0.6) is 5.75 Å². The van der Waals surface area contributed by atoms with Crippen molar-refractivity contribution in [1.82, 2.24) is 5.32 Å². The Balaban J connectivity index is 2.39. The highest BCUT2D eigenvalue weighted by molar-refractivity contribution is 7.92. The largest absolute Gasteiger partial charge is 0.496 e. The summed E-state index contributed by atoms with van der Waals surface area (Å²) in [5.41, 5.74) is 0.501. The SMILES string of the molecule is CNC(=O)c1cc(S(=O)(=O)Nc2ccc(Cl)cc2)ccc1OC. The Morgan fingerprint density at radius 1 is 1.13 bits per heavy atom. The van der Waals surface area contributed by atoms with E-state index in [-0.39, 0.29) is 16.2 Å². The Morgan fingerprint density at radius 3 is 2.35 bits per heavy atom. The minimum Gasteiger partial charge on any atom is -0.496 e. The third-order valence-corrected chi connectivity index (χ3v) is 4.68. The fourth-order valence-corrected chi connectivity index (χ4v) is 3.11. The van der Waals surface area contributed by atoms with Gasteiger partial charge in [0, 0.05) is 17.8 Å². The maximum atomic E-state index is 12.4. The average Bonchev–Trinajstić information content (AvgIpc) is 2.55. The van der Waals surface area contributed by atoms with Gasteiger partial charge in [0.25, 0.3) is 15.9 Å². The lowest BCUT2D eigenvalue weighted by Gasteiger charge is -2.12. The van der Waals surface area contributed by atoms with Crippen LogP contribution in [0.2, 0.25) is 5.02 Å². The maximum Gasteiger partial charge on any atom is 0.261 e. The molecule has 2 rings (SSSR count). The molecule has 0 heterocycles. The van der Waals surface area contributed by atoms with Gasteiger partial charge in [0.1, 0.15) is 5.75 Å². The van der Waals surface area contributed by atoms with Gasteiger partial charge in [-0.2, -0.15) is 0 Å². The van der Waals surface area contributed by atoms with Crippen molar-refractivity contribution in [3.63, 3.8) is 0 Å². The van der Waals surface area contributed by atoms with Crippen LogP contribution in [-0.2, 0) is 10.0 Å². The summed E-state index contributed by atoms with van der Waals surface area (Å²) in [4.78, 5) is 11.8. The van der Waals surface area contributed by atoms with Gasteiger partial charge in [-0.3, -0.25) is 9.52 Å². The van der Waals surface area contributed by atoms with E-state index in [0.717, 1.165) is 0 Å². The zero-order valence-corrected chi connectivity index (χ0v) is 14.0. The standard InChI is InChI=1S/C15H15ClN2O4S/c1-17-15(19)13-9-12(7-8-14(13)22-2)23(20,21)18-11-5-3-10(16)4-6-11/h3-9,18H,1-2H3,(H,17,19). The summed E-state index contributed by atoms with van der Waals surface area (Å²) in [6.45, 7) is 0. The minimum absolute atomic E-state index is 0.0492. The lowest BCUT2D eigenvalue weighted by Crippen LogP contribution is -2.20. The molecule has 2 aromatic rings. The highest BCUT2D eigenvalue weighted by atomic mass is 35.5. The molecule has 1 amide bonds. The first-order valence-electron chi connectivity index (χ1n) is 6.56. The molecular formula is C15H15ClN2O4S. The Hall–Kier alpha value is -2.25. The summed E-state index contributed by atoms with van der Waals surface area (Å²) in [7, 11) is -0.986. The summed E-state index contributed by atoms with van der Waals surface area (Å²) in [5, 5.41) is 2.94. The fourth-order valence-electron chi connectivity index (χ4n) is 1.90. The first-order valence-corrected chi connectivity index (χ1v) is 8.42. The number of methoxy groups -OCH3 is 1. The number of hydrogen-bond donors (Lipinski definition) is 2. The molecule has 8 heteroatoms. The van der Waals surface area contributed by atoms with E-state index in [2.05, 4.69) is 10.0 Å². The van der Waals surface area contributed by atoms with Crippen molar-refractivity contribution >= 4 is 33.2 Å². The van der Waals surface area contributed by atoms with E-state index < -0.39 is 15.9 Å². The van der Waals surface area contributed by atoms with Crippen molar-refractivity contribution in [1.29, 1.82) is 0 Å². The topological polar surface area (TPSA) is 84.5 Å². The molecule has 0 saturated heterocycles. The van der Waals surface area contributed by atoms with E-state index in [0.29, 0.717) is 10.7 Å². The molecule has 0 aliphatic carbocycles. The molecule has 2 N–H and O–H groups in total. The molecule has 2 aromatic carbocycles. The molecule has 23 heavy (non-hydrogen) atoms. The van der Waals surface area contributed by atoms with E-state index in [1.807, 2.05) is 0 Å². The summed E-state index contributed by atoms with van der Waals surface area (Å²) in [5.74, 6) is -0.153. The average molecular weight is 355 g/mol. The second-order valence-electron chi connectivity index (χ2n) is 4.55. The van der Waals surface area contributed by atoms with Gasteiger partial charge in [-0.15, -0.1) is 0 Å². The fraction of sp³-hybridized carbons (Fsp3) is 0.133. The number of hydrogen-bond acceptors (Lipinski definition) is 4. The van der Waals surface area contributed by atoms with Crippen LogP contribution in [0.1, 0.15) is 10.4 Å². The molecule has 0 aliphatic rings. The molecule has 0 unspecified atom stereocenters. The highest BCUT2D eigenvalue weighted by Gasteiger charge is 2.19. The number of sulfonamides is 1. The number of ether oxygens (including phenoxy) is 1. The lowest BCUT2D eigenvalue weighted by atomic mass is 10.2. The van der Waals surface area contributed by atoms with Gasteiger partial charge in [-0.25, -0.2) is 8.42 Å². The smallest absolute Gasteiger partial charge is 0.261 e. The van der Waals surface area contributed by atoms with Gasteiger partial charge in [0.15, 0.2) is 0 Å². The van der Waals surface area contributed by atoms with Crippen molar-refractivity contribution in [2.24, 2.45) is 0 Å². The predicted octanol–water partition coefficient (Wildman–Crippen LogP) is 2.51. The van der Waals surface area contributed by atoms with Crippen LogP contribution in [-0.4, -0.2) is 28.5 Å². The second kappa shape index (κ2) is 6.89. The van der Waals surface area contributed by atoms with Crippen LogP contribution in [0.25, 0.3) is 0 Å². The van der Waals surface area contributed by atoms with Crippen molar-refractivity contribution in [3.8, 4) is 5.75 Å². The minimum atomic E-state index is -3.84. The van der Waals surface area contributed by atoms with Crippen LogP contribution in [0.4, 0.5) is 5.69 Å². The normalized spacial score (nSPS) is 10.9. The third kappa shape index (κ3) is 3.94. The molecule has 0 bridgehead atoms. The number of rotatable bonds is 5. The van der Waals surface area contributed by atoms with Gasteiger partial charge in [-0.05, 0) is 42.5 Å². The number of anilines is 1. The van der Waals surface area contributed by atoms with Gasteiger partial charge < -0.3 is 10.1 Å². The first-order chi connectivity index (χ1) is 10.9. The van der Waals surface area contributed by atoms with E-state index in [1.54, 1.807) is 24.3 Å². The first kappa shape index (κ1) is 17.1. The summed E-state index contributed by atoms with van der Waals surface area (Å²) in [6.07, 6.45) is 0. The molecule has 0 atom stereocenters.